The second-order valence-electron chi connectivity index (χ2n) is 7.26. The third kappa shape index (κ3) is 7.01. The van der Waals surface area contributed by atoms with Crippen molar-refractivity contribution >= 4 is 17.5 Å². The average Bonchev–Trinajstić information content (AvgIpc) is 3.27. The maximum Gasteiger partial charge on any atom is 0.253 e. The number of nitrogens with one attached hydrogen (secondary N) is 2. The molecule has 2 aromatic carbocycles. The Kier molecular flexibility index (Phi) is 7.84. The standard InChI is InChI=1S/C24H27N3O4/c1-18-9-11-19(12-10-18)31-15-13-27(2)17-23(28)26-22-8-4-3-7-21(22)24(29)25-16-20-6-5-14-30-20/h3-12,14H,13,15-17H2,1-2H3,(H,25,29)(H,26,28). The Balaban J connectivity index is 1.47. The molecule has 162 valence electrons. The first kappa shape index (κ1) is 22.1. The summed E-state index contributed by atoms with van der Waals surface area (Å²) in [4.78, 5) is 26.9. The van der Waals surface area contributed by atoms with E-state index in [0.717, 1.165) is 5.75 Å². The van der Waals surface area contributed by atoms with E-state index in [1.807, 2.05) is 43.1 Å². The minimum absolute atomic E-state index is 0.180. The van der Waals surface area contributed by atoms with Gasteiger partial charge in [0.1, 0.15) is 18.1 Å². The molecule has 1 aromatic heterocycles. The highest BCUT2D eigenvalue weighted by Gasteiger charge is 2.14. The van der Waals surface area contributed by atoms with Gasteiger partial charge in [0.25, 0.3) is 5.91 Å². The fourth-order valence-electron chi connectivity index (χ4n) is 2.93. The minimum Gasteiger partial charge on any atom is -0.492 e. The van der Waals surface area contributed by atoms with E-state index < -0.39 is 0 Å². The van der Waals surface area contributed by atoms with Crippen LogP contribution in [0, 0.1) is 6.92 Å². The van der Waals surface area contributed by atoms with Crippen LogP contribution < -0.4 is 15.4 Å². The number of furan rings is 1. The quantitative estimate of drug-likeness (QED) is 0.524. The van der Waals surface area contributed by atoms with Crippen molar-refractivity contribution in [2.45, 2.75) is 13.5 Å². The molecular weight excluding hydrogens is 394 g/mol. The maximum atomic E-state index is 12.5. The Bertz CT molecular complexity index is 984. The first-order chi connectivity index (χ1) is 15.0. The summed E-state index contributed by atoms with van der Waals surface area (Å²) in [6.45, 7) is 3.54. The van der Waals surface area contributed by atoms with E-state index in [1.165, 1.54) is 5.56 Å². The highest BCUT2D eigenvalue weighted by molar-refractivity contribution is 6.04. The summed E-state index contributed by atoms with van der Waals surface area (Å²) in [5.41, 5.74) is 2.04. The van der Waals surface area contributed by atoms with Crippen LogP contribution in [0.3, 0.4) is 0 Å². The van der Waals surface area contributed by atoms with Crippen LogP contribution in [-0.4, -0.2) is 43.5 Å². The fourth-order valence-corrected chi connectivity index (χ4v) is 2.93. The Hall–Kier alpha value is -3.58. The normalized spacial score (nSPS) is 10.7. The zero-order valence-corrected chi connectivity index (χ0v) is 17.8. The number of carbonyl (C=O) groups excluding carboxylic acids is 2. The van der Waals surface area contributed by atoms with Gasteiger partial charge in [0.05, 0.1) is 30.6 Å². The second kappa shape index (κ2) is 11.0. The number of aryl methyl sites for hydroxylation is 1. The summed E-state index contributed by atoms with van der Waals surface area (Å²) in [5.74, 6) is 0.971. The van der Waals surface area contributed by atoms with Crippen molar-refractivity contribution in [2.24, 2.45) is 0 Å². The predicted molar refractivity (Wildman–Crippen MR) is 119 cm³/mol. The van der Waals surface area contributed by atoms with Crippen molar-refractivity contribution in [1.82, 2.24) is 10.2 Å². The molecule has 31 heavy (non-hydrogen) atoms. The molecule has 1 heterocycles. The van der Waals surface area contributed by atoms with Crippen LogP contribution in [0.15, 0.2) is 71.3 Å². The molecule has 0 fully saturated rings. The Labute approximate surface area is 182 Å². The van der Waals surface area contributed by atoms with Crippen molar-refractivity contribution in [3.8, 4) is 5.75 Å². The third-order valence-corrected chi connectivity index (χ3v) is 4.63. The van der Waals surface area contributed by atoms with E-state index in [4.69, 9.17) is 9.15 Å². The summed E-state index contributed by atoms with van der Waals surface area (Å²) in [7, 11) is 1.85. The number of hydrogen-bond acceptors (Lipinski definition) is 5. The van der Waals surface area contributed by atoms with Crippen LogP contribution in [0.1, 0.15) is 21.7 Å². The molecule has 2 amide bonds. The number of anilines is 1. The molecule has 0 bridgehead atoms. The molecule has 0 atom stereocenters. The Morgan fingerprint density at radius 3 is 2.55 bits per heavy atom. The maximum absolute atomic E-state index is 12.5. The Morgan fingerprint density at radius 2 is 1.81 bits per heavy atom. The lowest BCUT2D eigenvalue weighted by atomic mass is 10.1. The molecular formula is C24H27N3O4. The topological polar surface area (TPSA) is 83.8 Å². The first-order valence-corrected chi connectivity index (χ1v) is 10.1. The zero-order valence-electron chi connectivity index (χ0n) is 17.8. The number of likely N-dealkylation sites (N-methyl/N-ethyl adjacent to an activating group) is 1. The molecule has 3 aromatic rings. The number of benzene rings is 2. The molecule has 0 aliphatic rings. The number of nitrogens with zero attached hydrogens (tertiary/aromatic N) is 1. The summed E-state index contributed by atoms with van der Waals surface area (Å²) in [6, 6.07) is 18.3. The molecule has 3 rings (SSSR count). The summed E-state index contributed by atoms with van der Waals surface area (Å²) < 4.78 is 10.9. The van der Waals surface area contributed by atoms with E-state index in [0.29, 0.717) is 30.2 Å². The van der Waals surface area contributed by atoms with Gasteiger partial charge in [0.2, 0.25) is 5.91 Å². The fraction of sp³-hybridized carbons (Fsp3) is 0.250. The summed E-state index contributed by atoms with van der Waals surface area (Å²) in [6.07, 6.45) is 1.55. The second-order valence-corrected chi connectivity index (χ2v) is 7.26. The predicted octanol–water partition coefficient (Wildman–Crippen LogP) is 3.47. The van der Waals surface area contributed by atoms with Gasteiger partial charge in [-0.05, 0) is 50.4 Å². The molecule has 7 nitrogen and oxygen atoms in total. The largest absolute Gasteiger partial charge is 0.492 e. The van der Waals surface area contributed by atoms with Gasteiger partial charge in [-0.3, -0.25) is 14.5 Å². The molecule has 0 aliphatic heterocycles. The molecule has 7 heteroatoms. The van der Waals surface area contributed by atoms with Crippen LogP contribution in [0.2, 0.25) is 0 Å². The number of rotatable bonds is 10. The monoisotopic (exact) mass is 421 g/mol. The lowest BCUT2D eigenvalue weighted by Crippen LogP contribution is -2.33. The van der Waals surface area contributed by atoms with E-state index >= 15 is 0 Å². The van der Waals surface area contributed by atoms with E-state index in [1.54, 1.807) is 42.7 Å². The van der Waals surface area contributed by atoms with Crippen LogP contribution in [0.4, 0.5) is 5.69 Å². The van der Waals surface area contributed by atoms with Crippen molar-refractivity contribution < 1.29 is 18.7 Å². The highest BCUT2D eigenvalue weighted by atomic mass is 16.5. The lowest BCUT2D eigenvalue weighted by molar-refractivity contribution is -0.117. The van der Waals surface area contributed by atoms with Gasteiger partial charge in [0, 0.05) is 6.54 Å². The van der Waals surface area contributed by atoms with Gasteiger partial charge < -0.3 is 19.8 Å². The summed E-state index contributed by atoms with van der Waals surface area (Å²) >= 11 is 0. The zero-order chi connectivity index (χ0) is 22.1. The smallest absolute Gasteiger partial charge is 0.253 e. The SMILES string of the molecule is Cc1ccc(OCCN(C)CC(=O)Nc2ccccc2C(=O)NCc2ccco2)cc1. The molecule has 0 unspecified atom stereocenters. The third-order valence-electron chi connectivity index (χ3n) is 4.63. The lowest BCUT2D eigenvalue weighted by Gasteiger charge is -2.17. The number of hydrogen-bond donors (Lipinski definition) is 2. The Morgan fingerprint density at radius 1 is 1.03 bits per heavy atom. The number of ether oxygens (including phenoxy) is 1. The first-order valence-electron chi connectivity index (χ1n) is 10.1. The van der Waals surface area contributed by atoms with E-state index in [2.05, 4.69) is 10.6 Å². The summed E-state index contributed by atoms with van der Waals surface area (Å²) in [5, 5.41) is 5.62. The molecule has 0 saturated heterocycles. The van der Waals surface area contributed by atoms with Gasteiger partial charge in [0.15, 0.2) is 0 Å². The van der Waals surface area contributed by atoms with E-state index in [9.17, 15) is 9.59 Å². The van der Waals surface area contributed by atoms with Crippen LogP contribution in [-0.2, 0) is 11.3 Å². The van der Waals surface area contributed by atoms with Crippen molar-refractivity contribution in [3.63, 3.8) is 0 Å². The van der Waals surface area contributed by atoms with Gasteiger partial charge >= 0.3 is 0 Å². The van der Waals surface area contributed by atoms with Crippen LogP contribution in [0.25, 0.3) is 0 Å². The van der Waals surface area contributed by atoms with Crippen molar-refractivity contribution in [3.05, 3.63) is 83.8 Å². The molecule has 0 radical (unpaired) electrons. The van der Waals surface area contributed by atoms with Gasteiger partial charge in [-0.15, -0.1) is 0 Å². The number of carbonyl (C=O) groups is 2. The van der Waals surface area contributed by atoms with Crippen LogP contribution in [0.5, 0.6) is 5.75 Å². The molecule has 0 spiro atoms. The molecule has 0 saturated carbocycles. The molecule has 2 N–H and O–H groups in total. The van der Waals surface area contributed by atoms with Crippen LogP contribution >= 0.6 is 0 Å². The number of amides is 2. The molecule has 0 aliphatic carbocycles. The van der Waals surface area contributed by atoms with Gasteiger partial charge in [-0.25, -0.2) is 0 Å². The minimum atomic E-state index is -0.285. The van der Waals surface area contributed by atoms with Gasteiger partial charge in [-0.2, -0.15) is 0 Å². The van der Waals surface area contributed by atoms with E-state index in [-0.39, 0.29) is 24.9 Å². The average molecular weight is 421 g/mol. The highest BCUT2D eigenvalue weighted by Crippen LogP contribution is 2.15. The van der Waals surface area contributed by atoms with Crippen molar-refractivity contribution in [2.75, 3.05) is 32.1 Å². The van der Waals surface area contributed by atoms with Gasteiger partial charge in [-0.1, -0.05) is 29.8 Å². The number of para-hydroxylation sites is 1. The van der Waals surface area contributed by atoms with Crippen molar-refractivity contribution in [1.29, 1.82) is 0 Å².